The van der Waals surface area contributed by atoms with Crippen LogP contribution in [0.25, 0.3) is 11.0 Å². The van der Waals surface area contributed by atoms with Gasteiger partial charge in [0.15, 0.2) is 6.61 Å². The van der Waals surface area contributed by atoms with Gasteiger partial charge in [0.2, 0.25) is 0 Å². The van der Waals surface area contributed by atoms with Gasteiger partial charge in [-0.15, -0.1) is 0 Å². The van der Waals surface area contributed by atoms with E-state index in [0.29, 0.717) is 23.9 Å². The summed E-state index contributed by atoms with van der Waals surface area (Å²) in [5.74, 6) is 2.01. The normalized spacial score (nSPS) is 11.9. The zero-order valence-corrected chi connectivity index (χ0v) is 20.3. The summed E-state index contributed by atoms with van der Waals surface area (Å²) in [5.41, 5.74) is 4.21. The Bertz CT molecular complexity index is 1280. The molecule has 1 atom stereocenters. The number of nitrogens with one attached hydrogen (secondary N) is 1. The van der Waals surface area contributed by atoms with Crippen molar-refractivity contribution in [1.82, 2.24) is 14.9 Å². The Morgan fingerprint density at radius 3 is 2.59 bits per heavy atom. The first kappa shape index (κ1) is 23.6. The number of para-hydroxylation sites is 2. The standard InChI is InChI=1S/C27H28ClN3O3/c1-18-7-6-10-25(19(18)2)33-16-15-31-24-9-5-4-8-23(24)30-27(31)20(3)29-26(32)17-34-22-13-11-21(28)12-14-22/h4-14,20H,15-17H2,1-3H3,(H,29,32). The van der Waals surface area contributed by atoms with Crippen molar-refractivity contribution >= 4 is 28.5 Å². The Balaban J connectivity index is 1.44. The molecule has 0 bridgehead atoms. The Morgan fingerprint density at radius 1 is 1.03 bits per heavy atom. The molecule has 0 aliphatic carbocycles. The van der Waals surface area contributed by atoms with E-state index in [4.69, 9.17) is 26.1 Å². The van der Waals surface area contributed by atoms with Gasteiger partial charge in [0.25, 0.3) is 5.91 Å². The van der Waals surface area contributed by atoms with Crippen molar-refractivity contribution in [2.45, 2.75) is 33.4 Å². The van der Waals surface area contributed by atoms with E-state index >= 15 is 0 Å². The quantitative estimate of drug-likeness (QED) is 0.338. The van der Waals surface area contributed by atoms with Crippen LogP contribution in [0.2, 0.25) is 5.02 Å². The predicted molar refractivity (Wildman–Crippen MR) is 135 cm³/mol. The van der Waals surface area contributed by atoms with Gasteiger partial charge in [0.1, 0.15) is 23.9 Å². The first-order chi connectivity index (χ1) is 16.4. The fourth-order valence-corrected chi connectivity index (χ4v) is 3.94. The summed E-state index contributed by atoms with van der Waals surface area (Å²) in [5, 5.41) is 3.61. The number of benzene rings is 3. The number of amides is 1. The third-order valence-electron chi connectivity index (χ3n) is 5.76. The highest BCUT2D eigenvalue weighted by Gasteiger charge is 2.19. The topological polar surface area (TPSA) is 65.4 Å². The highest BCUT2D eigenvalue weighted by atomic mass is 35.5. The minimum atomic E-state index is -0.311. The molecule has 0 aliphatic rings. The lowest BCUT2D eigenvalue weighted by molar-refractivity contribution is -0.123. The van der Waals surface area contributed by atoms with E-state index < -0.39 is 0 Å². The maximum Gasteiger partial charge on any atom is 0.258 e. The molecule has 0 aliphatic heterocycles. The molecule has 0 spiro atoms. The molecule has 0 saturated heterocycles. The number of carbonyl (C=O) groups is 1. The smallest absolute Gasteiger partial charge is 0.258 e. The Morgan fingerprint density at radius 2 is 1.79 bits per heavy atom. The Labute approximate surface area is 204 Å². The maximum absolute atomic E-state index is 12.5. The molecule has 4 aromatic rings. The van der Waals surface area contributed by atoms with Crippen LogP contribution in [0.3, 0.4) is 0 Å². The number of hydrogen-bond acceptors (Lipinski definition) is 4. The fourth-order valence-electron chi connectivity index (χ4n) is 3.81. The lowest BCUT2D eigenvalue weighted by Crippen LogP contribution is -2.33. The van der Waals surface area contributed by atoms with Crippen LogP contribution in [0.1, 0.15) is 29.9 Å². The molecule has 34 heavy (non-hydrogen) atoms. The summed E-state index contributed by atoms with van der Waals surface area (Å²) in [4.78, 5) is 17.3. The summed E-state index contributed by atoms with van der Waals surface area (Å²) in [6.07, 6.45) is 0. The van der Waals surface area contributed by atoms with Crippen LogP contribution in [-0.2, 0) is 11.3 Å². The molecular formula is C27H28ClN3O3. The minimum absolute atomic E-state index is 0.0953. The van der Waals surface area contributed by atoms with Gasteiger partial charge >= 0.3 is 0 Å². The third-order valence-corrected chi connectivity index (χ3v) is 6.01. The Kier molecular flexibility index (Phi) is 7.38. The van der Waals surface area contributed by atoms with E-state index in [1.54, 1.807) is 24.3 Å². The SMILES string of the molecule is Cc1cccc(OCCn2c(C(C)NC(=O)COc3ccc(Cl)cc3)nc3ccccc32)c1C. The number of imidazole rings is 1. The zero-order valence-electron chi connectivity index (χ0n) is 19.5. The third kappa shape index (κ3) is 5.51. The molecular weight excluding hydrogens is 450 g/mol. The average molecular weight is 478 g/mol. The van der Waals surface area contributed by atoms with E-state index in [9.17, 15) is 4.79 Å². The van der Waals surface area contributed by atoms with Gasteiger partial charge in [0, 0.05) is 5.02 Å². The molecule has 1 aromatic heterocycles. The van der Waals surface area contributed by atoms with Crippen LogP contribution < -0.4 is 14.8 Å². The highest BCUT2D eigenvalue weighted by Crippen LogP contribution is 2.23. The average Bonchev–Trinajstić information content (AvgIpc) is 3.20. The molecule has 176 valence electrons. The molecule has 1 unspecified atom stereocenters. The molecule has 1 heterocycles. The first-order valence-corrected chi connectivity index (χ1v) is 11.6. The molecule has 1 amide bonds. The van der Waals surface area contributed by atoms with E-state index in [-0.39, 0.29) is 18.6 Å². The summed E-state index contributed by atoms with van der Waals surface area (Å²) >= 11 is 5.89. The zero-order chi connectivity index (χ0) is 24.1. The second-order valence-electron chi connectivity index (χ2n) is 8.19. The maximum atomic E-state index is 12.5. The number of aryl methyl sites for hydroxylation is 1. The second-order valence-corrected chi connectivity index (χ2v) is 8.63. The molecule has 3 aromatic carbocycles. The van der Waals surface area contributed by atoms with Crippen molar-refractivity contribution in [1.29, 1.82) is 0 Å². The molecule has 0 saturated carbocycles. The number of aromatic nitrogens is 2. The van der Waals surface area contributed by atoms with Crippen molar-refractivity contribution in [3.63, 3.8) is 0 Å². The number of rotatable bonds is 9. The largest absolute Gasteiger partial charge is 0.491 e. The number of carbonyl (C=O) groups excluding carboxylic acids is 1. The molecule has 1 N–H and O–H groups in total. The monoisotopic (exact) mass is 477 g/mol. The lowest BCUT2D eigenvalue weighted by atomic mass is 10.1. The van der Waals surface area contributed by atoms with Crippen molar-refractivity contribution in [2.24, 2.45) is 0 Å². The number of fused-ring (bicyclic) bond motifs is 1. The van der Waals surface area contributed by atoms with Crippen LogP contribution >= 0.6 is 11.6 Å². The molecule has 6 nitrogen and oxygen atoms in total. The first-order valence-electron chi connectivity index (χ1n) is 11.2. The van der Waals surface area contributed by atoms with E-state index in [0.717, 1.165) is 28.2 Å². The van der Waals surface area contributed by atoms with E-state index in [1.165, 1.54) is 5.56 Å². The van der Waals surface area contributed by atoms with E-state index in [1.807, 2.05) is 43.3 Å². The van der Waals surface area contributed by atoms with Crippen molar-refractivity contribution in [3.05, 3.63) is 88.7 Å². The lowest BCUT2D eigenvalue weighted by Gasteiger charge is -2.17. The van der Waals surface area contributed by atoms with Crippen LogP contribution in [0.4, 0.5) is 0 Å². The molecule has 7 heteroatoms. The van der Waals surface area contributed by atoms with Gasteiger partial charge in [-0.3, -0.25) is 4.79 Å². The highest BCUT2D eigenvalue weighted by molar-refractivity contribution is 6.30. The second kappa shape index (κ2) is 10.6. The molecule has 0 radical (unpaired) electrons. The Hall–Kier alpha value is -3.51. The van der Waals surface area contributed by atoms with Crippen LogP contribution in [0.5, 0.6) is 11.5 Å². The van der Waals surface area contributed by atoms with Crippen LogP contribution in [-0.4, -0.2) is 28.7 Å². The number of halogens is 1. The van der Waals surface area contributed by atoms with Crippen LogP contribution in [0, 0.1) is 13.8 Å². The van der Waals surface area contributed by atoms with Crippen molar-refractivity contribution in [3.8, 4) is 11.5 Å². The van der Waals surface area contributed by atoms with Crippen LogP contribution in [0.15, 0.2) is 66.7 Å². The van der Waals surface area contributed by atoms with Gasteiger partial charge in [-0.2, -0.15) is 0 Å². The van der Waals surface area contributed by atoms with Gasteiger partial charge in [-0.1, -0.05) is 35.9 Å². The summed E-state index contributed by atoms with van der Waals surface area (Å²) in [6.45, 7) is 7.05. The van der Waals surface area contributed by atoms with E-state index in [2.05, 4.69) is 29.8 Å². The van der Waals surface area contributed by atoms with Gasteiger partial charge in [0.05, 0.1) is 23.6 Å². The minimum Gasteiger partial charge on any atom is -0.491 e. The fraction of sp³-hybridized carbons (Fsp3) is 0.259. The molecule has 0 fully saturated rings. The predicted octanol–water partition coefficient (Wildman–Crippen LogP) is 5.64. The van der Waals surface area contributed by atoms with Gasteiger partial charge < -0.3 is 19.4 Å². The summed E-state index contributed by atoms with van der Waals surface area (Å²) in [6, 6.07) is 20.6. The van der Waals surface area contributed by atoms with Crippen molar-refractivity contribution < 1.29 is 14.3 Å². The summed E-state index contributed by atoms with van der Waals surface area (Å²) in [7, 11) is 0. The number of ether oxygens (including phenoxy) is 2. The number of hydrogen-bond donors (Lipinski definition) is 1. The van der Waals surface area contributed by atoms with Crippen molar-refractivity contribution in [2.75, 3.05) is 13.2 Å². The van der Waals surface area contributed by atoms with Gasteiger partial charge in [-0.25, -0.2) is 4.98 Å². The van der Waals surface area contributed by atoms with Gasteiger partial charge in [-0.05, 0) is 74.4 Å². The summed E-state index contributed by atoms with van der Waals surface area (Å²) < 4.78 is 13.8. The molecule has 4 rings (SSSR count). The number of nitrogens with zero attached hydrogens (tertiary/aromatic N) is 2.